The lowest BCUT2D eigenvalue weighted by Gasteiger charge is -2.22. The first-order chi connectivity index (χ1) is 25.5. The zero-order valence-electron chi connectivity index (χ0n) is 28.9. The molecule has 0 radical (unpaired) electrons. The van der Waals surface area contributed by atoms with Crippen LogP contribution in [-0.4, -0.2) is 14.5 Å². The van der Waals surface area contributed by atoms with E-state index >= 15 is 0 Å². The van der Waals surface area contributed by atoms with Crippen molar-refractivity contribution in [3.05, 3.63) is 175 Å². The summed E-state index contributed by atoms with van der Waals surface area (Å²) in [7, 11) is 0. The van der Waals surface area contributed by atoms with Crippen molar-refractivity contribution >= 4 is 54.3 Å². The minimum Gasteiger partial charge on any atom is -0.309 e. The molecule has 0 fully saturated rings. The van der Waals surface area contributed by atoms with E-state index in [-0.39, 0.29) is 5.41 Å². The van der Waals surface area contributed by atoms with Crippen molar-refractivity contribution in [2.75, 3.05) is 0 Å². The normalized spacial score (nSPS) is 13.3. The van der Waals surface area contributed by atoms with E-state index < -0.39 is 0 Å². The zero-order valence-corrected chi connectivity index (χ0v) is 28.9. The maximum absolute atomic E-state index is 5.22. The van der Waals surface area contributed by atoms with Gasteiger partial charge in [0.2, 0.25) is 0 Å². The summed E-state index contributed by atoms with van der Waals surface area (Å²) in [6.45, 7) is 4.76. The lowest BCUT2D eigenvalue weighted by Crippen LogP contribution is -2.15. The minimum atomic E-state index is -0.152. The van der Waals surface area contributed by atoms with Crippen LogP contribution in [0.25, 0.3) is 93.7 Å². The molecule has 1 aliphatic rings. The fourth-order valence-corrected chi connectivity index (χ4v) is 8.87. The molecule has 11 rings (SSSR count). The predicted molar refractivity (Wildman–Crippen MR) is 217 cm³/mol. The first-order valence-electron chi connectivity index (χ1n) is 18.0. The molecule has 52 heavy (non-hydrogen) atoms. The van der Waals surface area contributed by atoms with Gasteiger partial charge in [0.25, 0.3) is 0 Å². The molecule has 0 spiro atoms. The highest BCUT2D eigenvalue weighted by Crippen LogP contribution is 2.53. The van der Waals surface area contributed by atoms with Gasteiger partial charge < -0.3 is 4.57 Å². The fraction of sp³-hybridized carbons (Fsp3) is 0.0612. The number of rotatable bonds is 3. The van der Waals surface area contributed by atoms with Gasteiger partial charge in [-0.15, -0.1) is 0 Å². The van der Waals surface area contributed by atoms with Gasteiger partial charge in [-0.2, -0.15) is 0 Å². The average Bonchev–Trinajstić information content (AvgIpc) is 3.65. The Morgan fingerprint density at radius 3 is 2.02 bits per heavy atom. The highest BCUT2D eigenvalue weighted by Gasteiger charge is 2.37. The second kappa shape index (κ2) is 10.7. The maximum atomic E-state index is 5.22. The first kappa shape index (κ1) is 29.2. The Morgan fingerprint density at radius 1 is 0.481 bits per heavy atom. The molecule has 0 amide bonds. The van der Waals surface area contributed by atoms with E-state index in [9.17, 15) is 0 Å². The quantitative estimate of drug-likeness (QED) is 0.188. The molecule has 2 heterocycles. The second-order valence-electron chi connectivity index (χ2n) is 14.6. The standard InChI is InChI=1S/C49H33N3/c1-49(2)40-25-23-30-13-6-8-19-35(30)45(40)38-28-39-44(29-41(38)49)52(43-26-24-31-14-7-9-20-36(31)46(39)43)34-18-12-17-33(27-34)48-50-42-22-11-10-21-37(42)47(51-48)32-15-4-3-5-16-32/h3-29H,1-2H3. The van der Waals surface area contributed by atoms with E-state index in [0.717, 1.165) is 39.2 Å². The highest BCUT2D eigenvalue weighted by atomic mass is 15.0. The molecule has 0 N–H and O–H groups in total. The summed E-state index contributed by atoms with van der Waals surface area (Å²) in [5.74, 6) is 0.718. The van der Waals surface area contributed by atoms with E-state index in [4.69, 9.17) is 9.97 Å². The molecular weight excluding hydrogens is 631 g/mol. The summed E-state index contributed by atoms with van der Waals surface area (Å²) in [5, 5.41) is 8.70. The van der Waals surface area contributed by atoms with Crippen LogP contribution in [0.1, 0.15) is 25.0 Å². The smallest absolute Gasteiger partial charge is 0.160 e. The van der Waals surface area contributed by atoms with E-state index in [1.165, 1.54) is 65.6 Å². The molecule has 2 aromatic heterocycles. The van der Waals surface area contributed by atoms with Gasteiger partial charge in [0.05, 0.1) is 22.2 Å². The molecule has 0 atom stereocenters. The van der Waals surface area contributed by atoms with Crippen molar-refractivity contribution in [2.45, 2.75) is 19.3 Å². The van der Waals surface area contributed by atoms with Crippen molar-refractivity contribution < 1.29 is 0 Å². The number of aromatic nitrogens is 3. The number of hydrogen-bond donors (Lipinski definition) is 0. The number of benzene rings is 8. The van der Waals surface area contributed by atoms with Crippen LogP contribution in [0.5, 0.6) is 0 Å². The van der Waals surface area contributed by atoms with Crippen LogP contribution in [0.4, 0.5) is 0 Å². The molecule has 0 saturated heterocycles. The van der Waals surface area contributed by atoms with E-state index in [1.807, 2.05) is 12.1 Å². The van der Waals surface area contributed by atoms with Crippen LogP contribution in [0, 0.1) is 0 Å². The largest absolute Gasteiger partial charge is 0.309 e. The second-order valence-corrected chi connectivity index (χ2v) is 14.6. The third-order valence-electron chi connectivity index (χ3n) is 11.4. The lowest BCUT2D eigenvalue weighted by molar-refractivity contribution is 0.661. The Morgan fingerprint density at radius 2 is 1.17 bits per heavy atom. The number of fused-ring (bicyclic) bond motifs is 11. The van der Waals surface area contributed by atoms with Gasteiger partial charge in [-0.25, -0.2) is 9.97 Å². The third-order valence-corrected chi connectivity index (χ3v) is 11.4. The Balaban J connectivity index is 1.20. The molecule has 244 valence electrons. The molecule has 3 nitrogen and oxygen atoms in total. The van der Waals surface area contributed by atoms with Gasteiger partial charge >= 0.3 is 0 Å². The zero-order chi connectivity index (χ0) is 34.6. The molecule has 0 aliphatic heterocycles. The molecule has 10 aromatic rings. The van der Waals surface area contributed by atoms with Crippen LogP contribution < -0.4 is 0 Å². The summed E-state index contributed by atoms with van der Waals surface area (Å²) in [6, 6.07) is 59.2. The number of nitrogens with zero attached hydrogens (tertiary/aromatic N) is 3. The molecular formula is C49H33N3. The molecule has 8 aromatic carbocycles. The monoisotopic (exact) mass is 663 g/mol. The van der Waals surface area contributed by atoms with Crippen LogP contribution in [-0.2, 0) is 5.41 Å². The van der Waals surface area contributed by atoms with E-state index in [0.29, 0.717) is 0 Å². The Kier molecular flexibility index (Phi) is 6.01. The van der Waals surface area contributed by atoms with Crippen molar-refractivity contribution in [3.8, 4) is 39.5 Å². The summed E-state index contributed by atoms with van der Waals surface area (Å²) >= 11 is 0. The van der Waals surface area contributed by atoms with E-state index in [1.54, 1.807) is 0 Å². The predicted octanol–water partition coefficient (Wildman–Crippen LogP) is 12.7. The highest BCUT2D eigenvalue weighted by molar-refractivity contribution is 6.23. The van der Waals surface area contributed by atoms with Gasteiger partial charge in [-0.05, 0) is 80.2 Å². The van der Waals surface area contributed by atoms with Gasteiger partial charge in [-0.3, -0.25) is 0 Å². The summed E-state index contributed by atoms with van der Waals surface area (Å²) in [4.78, 5) is 10.3. The van der Waals surface area contributed by atoms with Gasteiger partial charge in [0, 0.05) is 38.4 Å². The lowest BCUT2D eigenvalue weighted by atomic mass is 9.82. The molecule has 1 aliphatic carbocycles. The first-order valence-corrected chi connectivity index (χ1v) is 18.0. The average molecular weight is 664 g/mol. The van der Waals surface area contributed by atoms with Crippen molar-refractivity contribution in [1.82, 2.24) is 14.5 Å². The molecule has 3 heteroatoms. The minimum absolute atomic E-state index is 0.152. The Labute approximate surface area is 301 Å². The summed E-state index contributed by atoms with van der Waals surface area (Å²) < 4.78 is 2.46. The number of hydrogen-bond acceptors (Lipinski definition) is 2. The van der Waals surface area contributed by atoms with Crippen molar-refractivity contribution in [3.63, 3.8) is 0 Å². The van der Waals surface area contributed by atoms with Gasteiger partial charge in [-0.1, -0.05) is 141 Å². The van der Waals surface area contributed by atoms with E-state index in [2.05, 4.69) is 170 Å². The van der Waals surface area contributed by atoms with Gasteiger partial charge in [0.1, 0.15) is 0 Å². The van der Waals surface area contributed by atoms with Crippen LogP contribution in [0.2, 0.25) is 0 Å². The topological polar surface area (TPSA) is 30.7 Å². The molecule has 0 unspecified atom stereocenters. The van der Waals surface area contributed by atoms with Crippen LogP contribution in [0.3, 0.4) is 0 Å². The summed E-state index contributed by atoms with van der Waals surface area (Å²) in [6.07, 6.45) is 0. The third kappa shape index (κ3) is 4.08. The summed E-state index contributed by atoms with van der Waals surface area (Å²) in [5.41, 5.74) is 12.7. The Hall–Kier alpha value is -6.58. The van der Waals surface area contributed by atoms with Crippen molar-refractivity contribution in [2.24, 2.45) is 0 Å². The van der Waals surface area contributed by atoms with Gasteiger partial charge in [0.15, 0.2) is 5.82 Å². The fourth-order valence-electron chi connectivity index (χ4n) is 8.87. The molecule has 0 saturated carbocycles. The van der Waals surface area contributed by atoms with Crippen LogP contribution >= 0.6 is 0 Å². The van der Waals surface area contributed by atoms with Crippen LogP contribution in [0.15, 0.2) is 164 Å². The number of para-hydroxylation sites is 1. The SMILES string of the molecule is CC1(C)c2cc3c(cc2-c2c1ccc1ccccc21)c1c2ccccc2ccc1n3-c1cccc(-c2nc(-c3ccccc3)c3ccccc3n2)c1. The molecule has 0 bridgehead atoms. The Bertz CT molecular complexity index is 3100. The van der Waals surface area contributed by atoms with Crippen molar-refractivity contribution in [1.29, 1.82) is 0 Å². The maximum Gasteiger partial charge on any atom is 0.160 e.